The Morgan fingerprint density at radius 3 is 2.46 bits per heavy atom. The number of ether oxygens (including phenoxy) is 1. The minimum absolute atomic E-state index is 0.176. The van der Waals surface area contributed by atoms with Gasteiger partial charge in [-0.2, -0.15) is 18.3 Å². The average molecular weight is 340 g/mol. The average Bonchev–Trinajstić information content (AvgIpc) is 2.54. The molecule has 0 saturated carbocycles. The fourth-order valence-electron chi connectivity index (χ4n) is 1.75. The smallest absolute Gasteiger partial charge is 0.417 e. The van der Waals surface area contributed by atoms with E-state index in [1.54, 1.807) is 0 Å². The Hall–Kier alpha value is -2.90. The highest BCUT2D eigenvalue weighted by Gasteiger charge is 2.32. The van der Waals surface area contributed by atoms with Crippen molar-refractivity contribution in [1.82, 2.24) is 5.43 Å². The van der Waals surface area contributed by atoms with Crippen LogP contribution in [0, 0.1) is 5.82 Å². The third-order valence-electron chi connectivity index (χ3n) is 2.84. The van der Waals surface area contributed by atoms with Gasteiger partial charge in [-0.15, -0.1) is 0 Å². The highest BCUT2D eigenvalue weighted by Crippen LogP contribution is 2.30. The number of benzene rings is 2. The van der Waals surface area contributed by atoms with E-state index in [0.29, 0.717) is 0 Å². The molecule has 1 amide bonds. The lowest BCUT2D eigenvalue weighted by atomic mass is 10.1. The Morgan fingerprint density at radius 2 is 1.79 bits per heavy atom. The number of nitrogens with zero attached hydrogens (tertiary/aromatic N) is 1. The molecule has 0 spiro atoms. The Morgan fingerprint density at radius 1 is 1.12 bits per heavy atom. The number of halogens is 4. The van der Waals surface area contributed by atoms with E-state index in [2.05, 4.69) is 10.5 Å². The second-order valence-corrected chi connectivity index (χ2v) is 4.62. The summed E-state index contributed by atoms with van der Waals surface area (Å²) in [7, 11) is 0. The topological polar surface area (TPSA) is 50.7 Å². The minimum Gasteiger partial charge on any atom is -0.484 e. The van der Waals surface area contributed by atoms with E-state index in [9.17, 15) is 22.4 Å². The van der Waals surface area contributed by atoms with Crippen LogP contribution in [0.5, 0.6) is 5.75 Å². The van der Waals surface area contributed by atoms with Crippen molar-refractivity contribution in [3.8, 4) is 5.75 Å². The van der Waals surface area contributed by atoms with Crippen molar-refractivity contribution in [2.24, 2.45) is 5.10 Å². The van der Waals surface area contributed by atoms with Crippen LogP contribution in [0.15, 0.2) is 53.6 Å². The van der Waals surface area contributed by atoms with Crippen molar-refractivity contribution in [2.45, 2.75) is 6.18 Å². The van der Waals surface area contributed by atoms with Crippen LogP contribution in [-0.4, -0.2) is 18.7 Å². The molecule has 0 atom stereocenters. The van der Waals surface area contributed by atoms with E-state index >= 15 is 0 Å². The Labute approximate surface area is 134 Å². The number of alkyl halides is 3. The van der Waals surface area contributed by atoms with E-state index in [4.69, 9.17) is 4.74 Å². The zero-order valence-electron chi connectivity index (χ0n) is 12.2. The van der Waals surface area contributed by atoms with Crippen molar-refractivity contribution in [3.63, 3.8) is 0 Å². The largest absolute Gasteiger partial charge is 0.484 e. The maximum absolute atomic E-state index is 12.8. The third-order valence-corrected chi connectivity index (χ3v) is 2.84. The van der Waals surface area contributed by atoms with Crippen molar-refractivity contribution in [3.05, 3.63) is 65.5 Å². The monoisotopic (exact) mass is 340 g/mol. The number of hydrogen-bond acceptors (Lipinski definition) is 3. The number of rotatable bonds is 5. The van der Waals surface area contributed by atoms with Gasteiger partial charge in [0, 0.05) is 5.56 Å². The lowest BCUT2D eigenvalue weighted by molar-refractivity contribution is -0.137. The molecule has 0 heterocycles. The Kier molecular flexibility index (Phi) is 5.51. The van der Waals surface area contributed by atoms with Crippen molar-refractivity contribution in [1.29, 1.82) is 0 Å². The van der Waals surface area contributed by atoms with Gasteiger partial charge in [0.1, 0.15) is 11.6 Å². The normalized spacial score (nSPS) is 11.5. The molecule has 0 unspecified atom stereocenters. The molecule has 0 fully saturated rings. The van der Waals surface area contributed by atoms with Crippen LogP contribution >= 0.6 is 0 Å². The predicted octanol–water partition coefficient (Wildman–Crippen LogP) is 3.37. The summed E-state index contributed by atoms with van der Waals surface area (Å²) in [6, 6.07) is 9.84. The molecular formula is C16H12F4N2O2. The maximum atomic E-state index is 12.8. The number of nitrogens with one attached hydrogen (secondary N) is 1. The van der Waals surface area contributed by atoms with E-state index < -0.39 is 30.1 Å². The summed E-state index contributed by atoms with van der Waals surface area (Å²) < 4.78 is 56.1. The fourth-order valence-corrected chi connectivity index (χ4v) is 1.75. The first-order valence-electron chi connectivity index (χ1n) is 6.73. The second-order valence-electron chi connectivity index (χ2n) is 4.62. The first-order valence-corrected chi connectivity index (χ1v) is 6.73. The van der Waals surface area contributed by atoms with Crippen LogP contribution in [0.2, 0.25) is 0 Å². The zero-order chi connectivity index (χ0) is 17.6. The molecule has 2 rings (SSSR count). The Bertz CT molecular complexity index is 728. The molecule has 2 aromatic rings. The van der Waals surface area contributed by atoms with Gasteiger partial charge in [-0.1, -0.05) is 18.2 Å². The van der Waals surface area contributed by atoms with E-state index in [0.717, 1.165) is 12.3 Å². The van der Waals surface area contributed by atoms with Gasteiger partial charge in [-0.3, -0.25) is 4.79 Å². The van der Waals surface area contributed by atoms with Crippen LogP contribution < -0.4 is 10.2 Å². The quantitative estimate of drug-likeness (QED) is 0.515. The van der Waals surface area contributed by atoms with Gasteiger partial charge in [0.15, 0.2) is 6.61 Å². The van der Waals surface area contributed by atoms with Gasteiger partial charge < -0.3 is 4.74 Å². The van der Waals surface area contributed by atoms with Crippen molar-refractivity contribution >= 4 is 12.1 Å². The van der Waals surface area contributed by atoms with E-state index in [1.807, 2.05) is 0 Å². The predicted molar refractivity (Wildman–Crippen MR) is 79.1 cm³/mol. The third kappa shape index (κ3) is 5.08. The number of amides is 1. The number of hydrazone groups is 1. The van der Waals surface area contributed by atoms with Gasteiger partial charge in [0.25, 0.3) is 5.91 Å². The van der Waals surface area contributed by atoms with Crippen LogP contribution in [-0.2, 0) is 11.0 Å². The number of carbonyl (C=O) groups excluding carboxylic acids is 1. The van der Waals surface area contributed by atoms with Crippen LogP contribution in [0.1, 0.15) is 11.1 Å². The van der Waals surface area contributed by atoms with E-state index in [1.165, 1.54) is 42.5 Å². The first-order chi connectivity index (χ1) is 11.4. The fraction of sp³-hybridized carbons (Fsp3) is 0.125. The molecule has 0 aliphatic carbocycles. The molecule has 126 valence electrons. The van der Waals surface area contributed by atoms with Crippen molar-refractivity contribution < 1.29 is 27.1 Å². The molecule has 0 aromatic heterocycles. The SMILES string of the molecule is O=C(COc1ccc(F)cc1)N/N=C/c1ccccc1C(F)(F)F. The summed E-state index contributed by atoms with van der Waals surface area (Å²) in [5, 5.41) is 3.48. The molecule has 0 bridgehead atoms. The summed E-state index contributed by atoms with van der Waals surface area (Å²) >= 11 is 0. The molecule has 0 aliphatic rings. The summed E-state index contributed by atoms with van der Waals surface area (Å²) in [5.41, 5.74) is 1.02. The molecule has 0 radical (unpaired) electrons. The standard InChI is InChI=1S/C16H12F4N2O2/c17-12-5-7-13(8-6-12)24-10-15(23)22-21-9-11-3-1-2-4-14(11)16(18,19)20/h1-9H,10H2,(H,22,23)/b21-9+. The van der Waals surface area contributed by atoms with Crippen LogP contribution in [0.3, 0.4) is 0 Å². The summed E-state index contributed by atoms with van der Waals surface area (Å²) in [4.78, 5) is 11.5. The van der Waals surface area contributed by atoms with Gasteiger partial charge in [-0.05, 0) is 30.3 Å². The minimum atomic E-state index is -4.52. The van der Waals surface area contributed by atoms with Gasteiger partial charge >= 0.3 is 6.18 Å². The summed E-state index contributed by atoms with van der Waals surface area (Å²) in [6.07, 6.45) is -3.61. The molecule has 1 N–H and O–H groups in total. The lowest BCUT2D eigenvalue weighted by Crippen LogP contribution is -2.24. The van der Waals surface area contributed by atoms with Gasteiger partial charge in [0.05, 0.1) is 11.8 Å². The number of hydrogen-bond donors (Lipinski definition) is 1. The molecule has 24 heavy (non-hydrogen) atoms. The Balaban J connectivity index is 1.90. The molecule has 0 saturated heterocycles. The van der Waals surface area contributed by atoms with Crippen LogP contribution in [0.4, 0.5) is 17.6 Å². The molecule has 4 nitrogen and oxygen atoms in total. The first kappa shape index (κ1) is 17.5. The molecule has 2 aromatic carbocycles. The zero-order valence-corrected chi connectivity index (χ0v) is 12.2. The highest BCUT2D eigenvalue weighted by atomic mass is 19.4. The van der Waals surface area contributed by atoms with Crippen LogP contribution in [0.25, 0.3) is 0 Å². The van der Waals surface area contributed by atoms with E-state index in [-0.39, 0.29) is 11.3 Å². The van der Waals surface area contributed by atoms with Gasteiger partial charge in [0.2, 0.25) is 0 Å². The molecular weight excluding hydrogens is 328 g/mol. The number of carbonyl (C=O) groups is 1. The van der Waals surface area contributed by atoms with Gasteiger partial charge in [-0.25, -0.2) is 9.82 Å². The second kappa shape index (κ2) is 7.58. The summed E-state index contributed by atoms with van der Waals surface area (Å²) in [5.74, 6) is -0.835. The summed E-state index contributed by atoms with van der Waals surface area (Å²) in [6.45, 7) is -0.413. The maximum Gasteiger partial charge on any atom is 0.417 e. The highest BCUT2D eigenvalue weighted by molar-refractivity contribution is 5.84. The molecule has 0 aliphatic heterocycles. The van der Waals surface area contributed by atoms with Crippen molar-refractivity contribution in [2.75, 3.05) is 6.61 Å². The molecule has 8 heteroatoms. The lowest BCUT2D eigenvalue weighted by Gasteiger charge is -2.09.